The molecule has 0 radical (unpaired) electrons. The molecule has 1 aromatic carbocycles. The maximum Gasteiger partial charge on any atom is 0.119 e. The number of hydrogen-bond donors (Lipinski definition) is 1. The third kappa shape index (κ3) is 5.55. The van der Waals surface area contributed by atoms with Gasteiger partial charge in [-0.25, -0.2) is 0 Å². The van der Waals surface area contributed by atoms with E-state index in [1.54, 1.807) is 0 Å². The van der Waals surface area contributed by atoms with Gasteiger partial charge in [-0.05, 0) is 44.0 Å². The zero-order chi connectivity index (χ0) is 12.7. The van der Waals surface area contributed by atoms with Gasteiger partial charge in [0.2, 0.25) is 0 Å². The Morgan fingerprint density at radius 1 is 1.18 bits per heavy atom. The van der Waals surface area contributed by atoms with Crippen LogP contribution in [0.1, 0.15) is 33.6 Å². The van der Waals surface area contributed by atoms with Crippen LogP contribution in [0.25, 0.3) is 0 Å². The molecule has 17 heavy (non-hydrogen) atoms. The second kappa shape index (κ2) is 7.72. The number of nitrogens with one attached hydrogen (secondary N) is 1. The lowest BCUT2D eigenvalue weighted by Crippen LogP contribution is -2.36. The average molecular weight is 300 g/mol. The summed E-state index contributed by atoms with van der Waals surface area (Å²) in [6, 6.07) is 8.56. The van der Waals surface area contributed by atoms with Crippen LogP contribution in [0.2, 0.25) is 0 Å². The molecule has 3 heteroatoms. The Labute approximate surface area is 113 Å². The standard InChI is InChI=1S/C14H22BrNO/c1-4-13(5-2)16-10-11(3)17-14-8-6-12(15)7-9-14/h6-9,11,13,16H,4-5,10H2,1-3H3. The summed E-state index contributed by atoms with van der Waals surface area (Å²) >= 11 is 3.41. The molecule has 0 saturated carbocycles. The van der Waals surface area contributed by atoms with E-state index in [0.717, 1.165) is 16.8 Å². The Bertz CT molecular complexity index is 309. The van der Waals surface area contributed by atoms with Gasteiger partial charge < -0.3 is 10.1 Å². The van der Waals surface area contributed by atoms with Gasteiger partial charge in [-0.3, -0.25) is 0 Å². The summed E-state index contributed by atoms with van der Waals surface area (Å²) in [6.07, 6.45) is 2.53. The highest BCUT2D eigenvalue weighted by Crippen LogP contribution is 2.17. The summed E-state index contributed by atoms with van der Waals surface area (Å²) in [5, 5.41) is 3.52. The van der Waals surface area contributed by atoms with Crippen LogP contribution < -0.4 is 10.1 Å². The molecule has 0 spiro atoms. The number of rotatable bonds is 7. The average Bonchev–Trinajstić information content (AvgIpc) is 2.33. The Morgan fingerprint density at radius 3 is 2.29 bits per heavy atom. The van der Waals surface area contributed by atoms with Gasteiger partial charge in [0.1, 0.15) is 11.9 Å². The van der Waals surface area contributed by atoms with Crippen molar-refractivity contribution in [3.63, 3.8) is 0 Å². The molecule has 0 aromatic heterocycles. The number of ether oxygens (including phenoxy) is 1. The molecule has 2 nitrogen and oxygen atoms in total. The molecule has 0 aliphatic carbocycles. The Balaban J connectivity index is 2.34. The fourth-order valence-corrected chi connectivity index (χ4v) is 1.96. The van der Waals surface area contributed by atoms with Crippen molar-refractivity contribution in [2.75, 3.05) is 6.54 Å². The molecule has 0 heterocycles. The van der Waals surface area contributed by atoms with Crippen LogP contribution in [0.5, 0.6) is 5.75 Å². The van der Waals surface area contributed by atoms with E-state index < -0.39 is 0 Å². The highest BCUT2D eigenvalue weighted by molar-refractivity contribution is 9.10. The van der Waals surface area contributed by atoms with Crippen LogP contribution in [0.4, 0.5) is 0 Å². The molecule has 0 fully saturated rings. The lowest BCUT2D eigenvalue weighted by molar-refractivity contribution is 0.210. The van der Waals surface area contributed by atoms with Crippen molar-refractivity contribution in [1.82, 2.24) is 5.32 Å². The fraction of sp³-hybridized carbons (Fsp3) is 0.571. The van der Waals surface area contributed by atoms with Gasteiger partial charge in [0, 0.05) is 17.1 Å². The molecule has 96 valence electrons. The smallest absolute Gasteiger partial charge is 0.119 e. The lowest BCUT2D eigenvalue weighted by atomic mass is 10.1. The zero-order valence-electron chi connectivity index (χ0n) is 10.9. The number of hydrogen-bond acceptors (Lipinski definition) is 2. The predicted octanol–water partition coefficient (Wildman–Crippen LogP) is 3.99. The molecule has 1 aromatic rings. The normalized spacial score (nSPS) is 12.8. The molecule has 0 aliphatic rings. The van der Waals surface area contributed by atoms with Gasteiger partial charge in [-0.2, -0.15) is 0 Å². The minimum atomic E-state index is 0.191. The second-order valence-electron chi connectivity index (χ2n) is 4.30. The molecule has 0 amide bonds. The van der Waals surface area contributed by atoms with E-state index in [2.05, 4.69) is 42.0 Å². The van der Waals surface area contributed by atoms with Gasteiger partial charge in [0.05, 0.1) is 0 Å². The molecule has 1 unspecified atom stereocenters. The topological polar surface area (TPSA) is 21.3 Å². The van der Waals surface area contributed by atoms with Crippen molar-refractivity contribution in [3.8, 4) is 5.75 Å². The maximum absolute atomic E-state index is 5.83. The summed E-state index contributed by atoms with van der Waals surface area (Å²) in [4.78, 5) is 0. The SMILES string of the molecule is CCC(CC)NCC(C)Oc1ccc(Br)cc1. The van der Waals surface area contributed by atoms with Crippen molar-refractivity contribution >= 4 is 15.9 Å². The van der Waals surface area contributed by atoms with E-state index in [-0.39, 0.29) is 6.10 Å². The van der Waals surface area contributed by atoms with Crippen LogP contribution in [-0.4, -0.2) is 18.7 Å². The van der Waals surface area contributed by atoms with Gasteiger partial charge in [-0.1, -0.05) is 29.8 Å². The van der Waals surface area contributed by atoms with Crippen LogP contribution in [0.3, 0.4) is 0 Å². The first-order chi connectivity index (χ1) is 8.15. The van der Waals surface area contributed by atoms with E-state index in [1.165, 1.54) is 12.8 Å². The second-order valence-corrected chi connectivity index (χ2v) is 5.22. The van der Waals surface area contributed by atoms with Gasteiger partial charge in [-0.15, -0.1) is 0 Å². The van der Waals surface area contributed by atoms with E-state index in [1.807, 2.05) is 24.3 Å². The van der Waals surface area contributed by atoms with Crippen LogP contribution >= 0.6 is 15.9 Å². The summed E-state index contributed by atoms with van der Waals surface area (Å²) in [7, 11) is 0. The van der Waals surface area contributed by atoms with Crippen LogP contribution in [0.15, 0.2) is 28.7 Å². The largest absolute Gasteiger partial charge is 0.489 e. The summed E-state index contributed by atoms with van der Waals surface area (Å²) < 4.78 is 6.90. The van der Waals surface area contributed by atoms with Gasteiger partial charge >= 0.3 is 0 Å². The minimum absolute atomic E-state index is 0.191. The minimum Gasteiger partial charge on any atom is -0.489 e. The first-order valence-electron chi connectivity index (χ1n) is 6.31. The van der Waals surface area contributed by atoms with Crippen LogP contribution in [0, 0.1) is 0 Å². The number of benzene rings is 1. The highest BCUT2D eigenvalue weighted by atomic mass is 79.9. The Hall–Kier alpha value is -0.540. The first-order valence-corrected chi connectivity index (χ1v) is 7.10. The quantitative estimate of drug-likeness (QED) is 0.822. The Kier molecular flexibility index (Phi) is 6.60. The van der Waals surface area contributed by atoms with Crippen molar-refractivity contribution in [2.24, 2.45) is 0 Å². The monoisotopic (exact) mass is 299 g/mol. The molecular formula is C14H22BrNO. The predicted molar refractivity (Wildman–Crippen MR) is 76.6 cm³/mol. The summed E-state index contributed by atoms with van der Waals surface area (Å²) in [5.41, 5.74) is 0. The molecule has 0 saturated heterocycles. The third-order valence-corrected chi connectivity index (χ3v) is 3.36. The van der Waals surface area contributed by atoms with Gasteiger partial charge in [0.15, 0.2) is 0 Å². The molecule has 1 atom stereocenters. The lowest BCUT2D eigenvalue weighted by Gasteiger charge is -2.19. The third-order valence-electron chi connectivity index (χ3n) is 2.83. The molecule has 0 aliphatic heterocycles. The van der Waals surface area contributed by atoms with Crippen molar-refractivity contribution < 1.29 is 4.74 Å². The molecule has 1 N–H and O–H groups in total. The zero-order valence-corrected chi connectivity index (χ0v) is 12.5. The summed E-state index contributed by atoms with van der Waals surface area (Å²) in [5.74, 6) is 0.923. The van der Waals surface area contributed by atoms with E-state index in [0.29, 0.717) is 6.04 Å². The van der Waals surface area contributed by atoms with Crippen LogP contribution in [-0.2, 0) is 0 Å². The van der Waals surface area contributed by atoms with E-state index >= 15 is 0 Å². The van der Waals surface area contributed by atoms with Crippen molar-refractivity contribution in [2.45, 2.75) is 45.8 Å². The molecular weight excluding hydrogens is 278 g/mol. The van der Waals surface area contributed by atoms with Crippen molar-refractivity contribution in [1.29, 1.82) is 0 Å². The van der Waals surface area contributed by atoms with E-state index in [4.69, 9.17) is 4.74 Å². The number of halogens is 1. The molecule has 1 rings (SSSR count). The fourth-order valence-electron chi connectivity index (χ4n) is 1.70. The van der Waals surface area contributed by atoms with Gasteiger partial charge in [0.25, 0.3) is 0 Å². The first kappa shape index (κ1) is 14.5. The molecule has 0 bridgehead atoms. The van der Waals surface area contributed by atoms with E-state index in [9.17, 15) is 0 Å². The van der Waals surface area contributed by atoms with Crippen molar-refractivity contribution in [3.05, 3.63) is 28.7 Å². The summed E-state index contributed by atoms with van der Waals surface area (Å²) in [6.45, 7) is 7.41. The highest BCUT2D eigenvalue weighted by Gasteiger charge is 2.07. The Morgan fingerprint density at radius 2 is 1.76 bits per heavy atom. The maximum atomic E-state index is 5.83.